The van der Waals surface area contributed by atoms with Gasteiger partial charge in [-0.3, -0.25) is 4.98 Å². The molecule has 1 aromatic heterocycles. The number of pyridine rings is 1. The quantitative estimate of drug-likeness (QED) is 0.877. The van der Waals surface area contributed by atoms with Gasteiger partial charge in [0.25, 0.3) is 0 Å². The van der Waals surface area contributed by atoms with Crippen LogP contribution in [0.3, 0.4) is 0 Å². The maximum atomic E-state index is 6.39. The van der Waals surface area contributed by atoms with Crippen molar-refractivity contribution in [2.75, 3.05) is 7.11 Å². The van der Waals surface area contributed by atoms with Crippen LogP contribution in [0.25, 0.3) is 0 Å². The van der Waals surface area contributed by atoms with Crippen molar-refractivity contribution < 1.29 is 4.74 Å². The lowest BCUT2D eigenvalue weighted by molar-refractivity contribution is 0.393. The molecule has 1 unspecified atom stereocenters. The summed E-state index contributed by atoms with van der Waals surface area (Å²) in [6.07, 6.45) is 1.73. The number of aromatic nitrogens is 1. The van der Waals surface area contributed by atoms with E-state index in [1.807, 2.05) is 49.4 Å². The Kier molecular flexibility index (Phi) is 3.11. The van der Waals surface area contributed by atoms with Gasteiger partial charge in [-0.25, -0.2) is 0 Å². The molecule has 0 bridgehead atoms. The molecule has 0 saturated carbocycles. The van der Waals surface area contributed by atoms with Gasteiger partial charge in [-0.05, 0) is 24.6 Å². The fourth-order valence-electron chi connectivity index (χ4n) is 1.87. The summed E-state index contributed by atoms with van der Waals surface area (Å²) in [6, 6.07) is 13.6. The molecule has 1 atom stereocenters. The third kappa shape index (κ3) is 2.15. The lowest BCUT2D eigenvalue weighted by atomic mass is 9.89. The normalized spacial score (nSPS) is 14.1. The van der Waals surface area contributed by atoms with Crippen molar-refractivity contribution in [3.8, 4) is 5.75 Å². The maximum Gasteiger partial charge on any atom is 0.142 e. The van der Waals surface area contributed by atoms with Crippen molar-refractivity contribution in [1.29, 1.82) is 0 Å². The molecular weight excluding hydrogens is 212 g/mol. The van der Waals surface area contributed by atoms with Crippen molar-refractivity contribution in [3.05, 3.63) is 59.9 Å². The molecule has 2 aromatic rings. The van der Waals surface area contributed by atoms with Crippen LogP contribution in [0, 0.1) is 0 Å². The fourth-order valence-corrected chi connectivity index (χ4v) is 1.87. The minimum Gasteiger partial charge on any atom is -0.495 e. The molecule has 2 rings (SSSR count). The minimum atomic E-state index is -0.659. The van der Waals surface area contributed by atoms with E-state index >= 15 is 0 Å². The van der Waals surface area contributed by atoms with Gasteiger partial charge in [-0.2, -0.15) is 0 Å². The molecule has 0 aliphatic carbocycles. The Labute approximate surface area is 101 Å². The molecule has 0 spiro atoms. The predicted molar refractivity (Wildman–Crippen MR) is 67.9 cm³/mol. The number of nitrogens with zero attached hydrogens (tertiary/aromatic N) is 1. The van der Waals surface area contributed by atoms with Gasteiger partial charge in [0.15, 0.2) is 0 Å². The molecule has 3 nitrogen and oxygen atoms in total. The average molecular weight is 228 g/mol. The molecule has 1 heterocycles. The number of methoxy groups -OCH3 is 1. The van der Waals surface area contributed by atoms with Crippen molar-refractivity contribution in [3.63, 3.8) is 0 Å². The smallest absolute Gasteiger partial charge is 0.142 e. The SMILES string of the molecule is COc1cccnc1C(C)(N)c1ccccc1. The van der Waals surface area contributed by atoms with Crippen LogP contribution < -0.4 is 10.5 Å². The van der Waals surface area contributed by atoms with Crippen LogP contribution in [0.4, 0.5) is 0 Å². The van der Waals surface area contributed by atoms with E-state index in [0.717, 1.165) is 11.3 Å². The number of nitrogens with two attached hydrogens (primary N) is 1. The fraction of sp³-hybridized carbons (Fsp3) is 0.214. The third-order valence-electron chi connectivity index (χ3n) is 2.86. The molecule has 0 amide bonds. The van der Waals surface area contributed by atoms with Crippen LogP contribution >= 0.6 is 0 Å². The largest absolute Gasteiger partial charge is 0.495 e. The topological polar surface area (TPSA) is 48.1 Å². The van der Waals surface area contributed by atoms with Crippen LogP contribution in [0.1, 0.15) is 18.2 Å². The zero-order chi connectivity index (χ0) is 12.3. The second-order valence-corrected chi connectivity index (χ2v) is 4.12. The summed E-state index contributed by atoms with van der Waals surface area (Å²) in [5.41, 5.74) is 7.49. The van der Waals surface area contributed by atoms with Crippen LogP contribution in [0.15, 0.2) is 48.7 Å². The Hall–Kier alpha value is -1.87. The van der Waals surface area contributed by atoms with Gasteiger partial charge in [0.1, 0.15) is 11.4 Å². The molecule has 88 valence electrons. The van der Waals surface area contributed by atoms with Crippen LogP contribution in [0.2, 0.25) is 0 Å². The first-order valence-corrected chi connectivity index (χ1v) is 5.50. The number of hydrogen-bond donors (Lipinski definition) is 1. The van der Waals surface area contributed by atoms with E-state index in [1.54, 1.807) is 13.3 Å². The summed E-state index contributed by atoms with van der Waals surface area (Å²) in [7, 11) is 1.63. The third-order valence-corrected chi connectivity index (χ3v) is 2.86. The van der Waals surface area contributed by atoms with E-state index in [-0.39, 0.29) is 0 Å². The first-order valence-electron chi connectivity index (χ1n) is 5.50. The summed E-state index contributed by atoms with van der Waals surface area (Å²) in [6.45, 7) is 1.94. The Morgan fingerprint density at radius 1 is 1.12 bits per heavy atom. The molecule has 0 aliphatic rings. The second kappa shape index (κ2) is 4.55. The van der Waals surface area contributed by atoms with Gasteiger partial charge in [0, 0.05) is 6.20 Å². The molecule has 0 aliphatic heterocycles. The standard InChI is InChI=1S/C14H16N2O/c1-14(15,11-7-4-3-5-8-11)13-12(17-2)9-6-10-16-13/h3-10H,15H2,1-2H3. The van der Waals surface area contributed by atoms with Gasteiger partial charge in [0.05, 0.1) is 12.6 Å². The van der Waals surface area contributed by atoms with Gasteiger partial charge >= 0.3 is 0 Å². The molecule has 3 heteroatoms. The number of hydrogen-bond acceptors (Lipinski definition) is 3. The average Bonchev–Trinajstić information content (AvgIpc) is 2.39. The Balaban J connectivity index is 2.51. The van der Waals surface area contributed by atoms with Crippen molar-refractivity contribution >= 4 is 0 Å². The van der Waals surface area contributed by atoms with Crippen LogP contribution in [-0.2, 0) is 5.54 Å². The van der Waals surface area contributed by atoms with E-state index in [2.05, 4.69) is 4.98 Å². The van der Waals surface area contributed by atoms with Gasteiger partial charge < -0.3 is 10.5 Å². The summed E-state index contributed by atoms with van der Waals surface area (Å²) < 4.78 is 5.31. The van der Waals surface area contributed by atoms with Crippen molar-refractivity contribution in [2.24, 2.45) is 5.73 Å². The number of rotatable bonds is 3. The van der Waals surface area contributed by atoms with E-state index < -0.39 is 5.54 Å². The highest BCUT2D eigenvalue weighted by Gasteiger charge is 2.28. The Morgan fingerprint density at radius 2 is 1.82 bits per heavy atom. The van der Waals surface area contributed by atoms with Gasteiger partial charge in [0.2, 0.25) is 0 Å². The summed E-state index contributed by atoms with van der Waals surface area (Å²) in [5.74, 6) is 0.710. The Bertz CT molecular complexity index is 495. The highest BCUT2D eigenvalue weighted by Crippen LogP contribution is 2.30. The summed E-state index contributed by atoms with van der Waals surface area (Å²) >= 11 is 0. The summed E-state index contributed by atoms with van der Waals surface area (Å²) in [5, 5.41) is 0. The lowest BCUT2D eigenvalue weighted by Gasteiger charge is -2.26. The van der Waals surface area contributed by atoms with Crippen LogP contribution in [-0.4, -0.2) is 12.1 Å². The molecule has 2 N–H and O–H groups in total. The van der Waals surface area contributed by atoms with E-state index in [1.165, 1.54) is 0 Å². The lowest BCUT2D eigenvalue weighted by Crippen LogP contribution is -2.35. The molecular formula is C14H16N2O. The first kappa shape index (κ1) is 11.6. The zero-order valence-electron chi connectivity index (χ0n) is 10.1. The second-order valence-electron chi connectivity index (χ2n) is 4.12. The summed E-state index contributed by atoms with van der Waals surface area (Å²) in [4.78, 5) is 4.35. The Morgan fingerprint density at radius 3 is 2.47 bits per heavy atom. The number of ether oxygens (including phenoxy) is 1. The van der Waals surface area contributed by atoms with E-state index in [4.69, 9.17) is 10.5 Å². The van der Waals surface area contributed by atoms with Crippen molar-refractivity contribution in [1.82, 2.24) is 4.98 Å². The predicted octanol–water partition coefficient (Wildman–Crippen LogP) is 2.31. The number of benzene rings is 1. The molecule has 0 fully saturated rings. The van der Waals surface area contributed by atoms with E-state index in [9.17, 15) is 0 Å². The monoisotopic (exact) mass is 228 g/mol. The van der Waals surface area contributed by atoms with Crippen LogP contribution in [0.5, 0.6) is 5.75 Å². The van der Waals surface area contributed by atoms with Gasteiger partial charge in [-0.15, -0.1) is 0 Å². The van der Waals surface area contributed by atoms with E-state index in [0.29, 0.717) is 5.75 Å². The van der Waals surface area contributed by atoms with Gasteiger partial charge in [-0.1, -0.05) is 30.3 Å². The maximum absolute atomic E-state index is 6.39. The molecule has 17 heavy (non-hydrogen) atoms. The first-order chi connectivity index (χ1) is 8.16. The van der Waals surface area contributed by atoms with Crippen molar-refractivity contribution in [2.45, 2.75) is 12.5 Å². The minimum absolute atomic E-state index is 0.659. The highest BCUT2D eigenvalue weighted by molar-refractivity contribution is 5.40. The molecule has 0 radical (unpaired) electrons. The molecule has 0 saturated heterocycles. The zero-order valence-corrected chi connectivity index (χ0v) is 10.1. The highest BCUT2D eigenvalue weighted by atomic mass is 16.5. The molecule has 1 aromatic carbocycles.